The maximum atomic E-state index is 13.0. The number of carbonyl (C=O) groups excluding carboxylic acids is 1. The van der Waals surface area contributed by atoms with Crippen molar-refractivity contribution in [2.24, 2.45) is 0 Å². The van der Waals surface area contributed by atoms with Crippen molar-refractivity contribution in [1.82, 2.24) is 5.32 Å². The Labute approximate surface area is 150 Å². The monoisotopic (exact) mass is 381 g/mol. The zero-order valence-electron chi connectivity index (χ0n) is 13.3. The van der Waals surface area contributed by atoms with Gasteiger partial charge in [0.25, 0.3) is 5.91 Å². The first kappa shape index (κ1) is 18.2. The first-order valence-electron chi connectivity index (χ1n) is 7.61. The third-order valence-corrected chi connectivity index (χ3v) is 4.38. The fraction of sp³-hybridized carbons (Fsp3) is 0.167. The third-order valence-electron chi connectivity index (χ3n) is 3.69. The van der Waals surface area contributed by atoms with Crippen LogP contribution < -0.4 is 5.32 Å². The Bertz CT molecular complexity index is 887. The molecule has 0 saturated heterocycles. The Morgan fingerprint density at radius 1 is 1.19 bits per heavy atom. The average Bonchev–Trinajstić information content (AvgIpc) is 3.29. The maximum Gasteiger partial charge on any atom is 0.417 e. The van der Waals surface area contributed by atoms with Gasteiger partial charge in [0.2, 0.25) is 0 Å². The van der Waals surface area contributed by atoms with Gasteiger partial charge in [0, 0.05) is 10.9 Å². The number of aliphatic hydroxyl groups is 1. The van der Waals surface area contributed by atoms with E-state index in [1.165, 1.54) is 23.5 Å². The van der Waals surface area contributed by atoms with Crippen molar-refractivity contribution in [2.75, 3.05) is 6.54 Å². The highest BCUT2D eigenvalue weighted by atomic mass is 32.1. The van der Waals surface area contributed by atoms with Gasteiger partial charge in [-0.25, -0.2) is 0 Å². The van der Waals surface area contributed by atoms with Gasteiger partial charge >= 0.3 is 6.18 Å². The van der Waals surface area contributed by atoms with Crippen LogP contribution in [0.25, 0.3) is 11.3 Å². The second-order valence-corrected chi connectivity index (χ2v) is 6.26. The van der Waals surface area contributed by atoms with Crippen molar-refractivity contribution in [1.29, 1.82) is 0 Å². The van der Waals surface area contributed by atoms with Crippen LogP contribution in [0.4, 0.5) is 13.2 Å². The number of amides is 1. The molecule has 0 aliphatic rings. The molecule has 26 heavy (non-hydrogen) atoms. The Kier molecular flexibility index (Phi) is 5.15. The molecule has 0 aliphatic carbocycles. The summed E-state index contributed by atoms with van der Waals surface area (Å²) < 4.78 is 44.4. The average molecular weight is 381 g/mol. The third kappa shape index (κ3) is 3.97. The van der Waals surface area contributed by atoms with Crippen LogP contribution >= 0.6 is 11.3 Å². The number of benzene rings is 1. The van der Waals surface area contributed by atoms with Crippen LogP contribution in [0.5, 0.6) is 0 Å². The molecule has 0 fully saturated rings. The number of aliphatic hydroxyl groups excluding tert-OH is 1. The van der Waals surface area contributed by atoms with Crippen molar-refractivity contribution in [3.63, 3.8) is 0 Å². The highest BCUT2D eigenvalue weighted by molar-refractivity contribution is 7.08. The van der Waals surface area contributed by atoms with E-state index in [0.29, 0.717) is 5.76 Å². The first-order valence-corrected chi connectivity index (χ1v) is 8.55. The number of hydrogen-bond acceptors (Lipinski definition) is 4. The van der Waals surface area contributed by atoms with Crippen molar-refractivity contribution < 1.29 is 27.5 Å². The van der Waals surface area contributed by atoms with Gasteiger partial charge in [-0.1, -0.05) is 12.1 Å². The van der Waals surface area contributed by atoms with Gasteiger partial charge in [-0.05, 0) is 35.7 Å². The highest BCUT2D eigenvalue weighted by Gasteiger charge is 2.34. The van der Waals surface area contributed by atoms with Crippen LogP contribution in [0.2, 0.25) is 0 Å². The van der Waals surface area contributed by atoms with E-state index in [9.17, 15) is 23.1 Å². The van der Waals surface area contributed by atoms with Crippen LogP contribution in [0, 0.1) is 0 Å². The summed E-state index contributed by atoms with van der Waals surface area (Å²) >= 11 is 1.50. The summed E-state index contributed by atoms with van der Waals surface area (Å²) in [6.07, 6.45) is -5.81. The fourth-order valence-electron chi connectivity index (χ4n) is 2.41. The quantitative estimate of drug-likeness (QED) is 0.685. The summed E-state index contributed by atoms with van der Waals surface area (Å²) in [5, 5.41) is 16.2. The number of carbonyl (C=O) groups is 1. The molecule has 4 nitrogen and oxygen atoms in total. The van der Waals surface area contributed by atoms with E-state index in [2.05, 4.69) is 5.32 Å². The van der Waals surface area contributed by atoms with Gasteiger partial charge in [0.05, 0.1) is 17.7 Å². The molecular weight excluding hydrogens is 367 g/mol. The van der Waals surface area contributed by atoms with Crippen LogP contribution in [-0.4, -0.2) is 17.6 Å². The maximum absolute atomic E-state index is 13.0. The smallest absolute Gasteiger partial charge is 0.417 e. The molecule has 0 unspecified atom stereocenters. The molecule has 3 aromatic rings. The highest BCUT2D eigenvalue weighted by Crippen LogP contribution is 2.32. The van der Waals surface area contributed by atoms with E-state index >= 15 is 0 Å². The molecule has 1 amide bonds. The van der Waals surface area contributed by atoms with Gasteiger partial charge in [0.15, 0.2) is 0 Å². The number of furan rings is 1. The zero-order valence-corrected chi connectivity index (χ0v) is 14.1. The second-order valence-electron chi connectivity index (χ2n) is 5.48. The predicted octanol–water partition coefficient (Wildman–Crippen LogP) is 4.49. The fourth-order valence-corrected chi connectivity index (χ4v) is 3.05. The lowest BCUT2D eigenvalue weighted by molar-refractivity contribution is -0.137. The van der Waals surface area contributed by atoms with E-state index < -0.39 is 29.3 Å². The van der Waals surface area contributed by atoms with Crippen LogP contribution in [-0.2, 0) is 6.18 Å². The largest absolute Gasteiger partial charge is 0.458 e. The van der Waals surface area contributed by atoms with Crippen molar-refractivity contribution >= 4 is 17.2 Å². The predicted molar refractivity (Wildman–Crippen MR) is 90.8 cm³/mol. The van der Waals surface area contributed by atoms with Crippen molar-refractivity contribution in [3.05, 3.63) is 70.1 Å². The molecule has 1 aromatic carbocycles. The lowest BCUT2D eigenvalue weighted by Crippen LogP contribution is -2.30. The standard InChI is InChI=1S/C18H14F3NO3S/c19-18(20,21)13-4-2-1-3-12(13)17(24)22-9-14(23)16-6-5-15(25-16)11-7-8-26-10-11/h1-8,10,14,23H,9H2,(H,22,24)/t14-/m0/s1. The SMILES string of the molecule is O=C(NC[C@H](O)c1ccc(-c2ccsc2)o1)c1ccccc1C(F)(F)F. The Morgan fingerprint density at radius 2 is 1.96 bits per heavy atom. The minimum Gasteiger partial charge on any atom is -0.458 e. The molecule has 0 radical (unpaired) electrons. The molecule has 1 atom stereocenters. The summed E-state index contributed by atoms with van der Waals surface area (Å²) in [4.78, 5) is 12.1. The van der Waals surface area contributed by atoms with Crippen molar-refractivity contribution in [3.8, 4) is 11.3 Å². The van der Waals surface area contributed by atoms with Crippen molar-refractivity contribution in [2.45, 2.75) is 12.3 Å². The molecule has 0 bridgehead atoms. The molecule has 2 aromatic heterocycles. The molecule has 0 aliphatic heterocycles. The molecule has 8 heteroatoms. The van der Waals surface area contributed by atoms with Gasteiger partial charge in [-0.2, -0.15) is 24.5 Å². The Hall–Kier alpha value is -2.58. The minimum atomic E-state index is -4.64. The van der Waals surface area contributed by atoms with Gasteiger partial charge in [0.1, 0.15) is 17.6 Å². The molecule has 136 valence electrons. The minimum absolute atomic E-state index is 0.218. The second kappa shape index (κ2) is 7.35. The summed E-state index contributed by atoms with van der Waals surface area (Å²) in [7, 11) is 0. The topological polar surface area (TPSA) is 62.5 Å². The number of halogens is 3. The van der Waals surface area contributed by atoms with Crippen LogP contribution in [0.1, 0.15) is 27.8 Å². The van der Waals surface area contributed by atoms with Crippen LogP contribution in [0.15, 0.2) is 57.6 Å². The van der Waals surface area contributed by atoms with E-state index in [-0.39, 0.29) is 12.3 Å². The van der Waals surface area contributed by atoms with E-state index in [4.69, 9.17) is 4.42 Å². The Morgan fingerprint density at radius 3 is 2.65 bits per heavy atom. The molecular formula is C18H14F3NO3S. The Balaban J connectivity index is 1.67. The van der Waals surface area contributed by atoms with Gasteiger partial charge in [-0.15, -0.1) is 0 Å². The molecule has 0 spiro atoms. The molecule has 2 N–H and O–H groups in total. The number of nitrogens with one attached hydrogen (secondary N) is 1. The molecule has 3 rings (SSSR count). The number of hydrogen-bond donors (Lipinski definition) is 2. The molecule has 2 heterocycles. The lowest BCUT2D eigenvalue weighted by Gasteiger charge is -2.14. The number of rotatable bonds is 5. The first-order chi connectivity index (χ1) is 12.4. The summed E-state index contributed by atoms with van der Waals surface area (Å²) in [6.45, 7) is -0.276. The molecule has 0 saturated carbocycles. The van der Waals surface area contributed by atoms with Gasteiger partial charge in [-0.3, -0.25) is 4.79 Å². The summed E-state index contributed by atoms with van der Waals surface area (Å²) in [5.41, 5.74) is -0.660. The number of thiophene rings is 1. The summed E-state index contributed by atoms with van der Waals surface area (Å²) in [6, 6.07) is 9.59. The van der Waals surface area contributed by atoms with Crippen LogP contribution in [0.3, 0.4) is 0 Å². The number of alkyl halides is 3. The van der Waals surface area contributed by atoms with E-state index in [0.717, 1.165) is 17.7 Å². The van der Waals surface area contributed by atoms with E-state index in [1.807, 2.05) is 16.8 Å². The summed E-state index contributed by atoms with van der Waals surface area (Å²) in [5.74, 6) is -0.133. The normalized spacial score (nSPS) is 12.8. The van der Waals surface area contributed by atoms with E-state index in [1.54, 1.807) is 12.1 Å². The zero-order chi connectivity index (χ0) is 18.7. The lowest BCUT2D eigenvalue weighted by atomic mass is 10.1. The van der Waals surface area contributed by atoms with Gasteiger partial charge < -0.3 is 14.8 Å².